The van der Waals surface area contributed by atoms with E-state index in [4.69, 9.17) is 11.6 Å². The van der Waals surface area contributed by atoms with E-state index in [1.165, 1.54) is 0 Å². The maximum absolute atomic E-state index is 13.3. The van der Waals surface area contributed by atoms with Gasteiger partial charge in [0, 0.05) is 12.1 Å². The zero-order chi connectivity index (χ0) is 14.7. The molecule has 20 heavy (non-hydrogen) atoms. The van der Waals surface area contributed by atoms with Crippen LogP contribution in [0.3, 0.4) is 0 Å². The third-order valence-electron chi connectivity index (χ3n) is 2.50. The third-order valence-corrected chi connectivity index (χ3v) is 2.80. The molecule has 1 N–H and O–H groups in total. The molecule has 0 fully saturated rings. The molecule has 0 radical (unpaired) electrons. The average Bonchev–Trinajstić information content (AvgIpc) is 2.42. The van der Waals surface area contributed by atoms with Crippen LogP contribution in [0.4, 0.5) is 13.2 Å². The Balaban J connectivity index is 2.12. The maximum Gasteiger partial charge on any atom is 0.254 e. The van der Waals surface area contributed by atoms with Crippen molar-refractivity contribution in [2.75, 3.05) is 0 Å². The van der Waals surface area contributed by atoms with Crippen LogP contribution >= 0.6 is 11.6 Å². The topological polar surface area (TPSA) is 42.0 Å². The summed E-state index contributed by atoms with van der Waals surface area (Å²) in [6, 6.07) is 3.79. The van der Waals surface area contributed by atoms with Gasteiger partial charge in [-0.05, 0) is 24.3 Å². The van der Waals surface area contributed by atoms with Gasteiger partial charge in [0.15, 0.2) is 0 Å². The van der Waals surface area contributed by atoms with E-state index in [0.29, 0.717) is 0 Å². The first-order valence-corrected chi connectivity index (χ1v) is 5.88. The molecule has 0 atom stereocenters. The monoisotopic (exact) mass is 300 g/mol. The van der Waals surface area contributed by atoms with E-state index in [9.17, 15) is 18.0 Å². The predicted molar refractivity (Wildman–Crippen MR) is 66.7 cm³/mol. The van der Waals surface area contributed by atoms with E-state index >= 15 is 0 Å². The second-order valence-corrected chi connectivity index (χ2v) is 4.27. The molecule has 0 unspecified atom stereocenters. The van der Waals surface area contributed by atoms with Gasteiger partial charge in [-0.2, -0.15) is 0 Å². The summed E-state index contributed by atoms with van der Waals surface area (Å²) in [5.74, 6) is -2.74. The first kappa shape index (κ1) is 14.3. The number of nitrogens with one attached hydrogen (secondary N) is 1. The number of hydrogen-bond donors (Lipinski definition) is 1. The second kappa shape index (κ2) is 5.92. The fourth-order valence-electron chi connectivity index (χ4n) is 1.53. The van der Waals surface area contributed by atoms with Crippen LogP contribution < -0.4 is 5.32 Å². The van der Waals surface area contributed by atoms with Crippen molar-refractivity contribution in [1.82, 2.24) is 10.3 Å². The van der Waals surface area contributed by atoms with E-state index in [0.717, 1.165) is 30.5 Å². The molecule has 0 saturated heterocycles. The molecule has 0 spiro atoms. The van der Waals surface area contributed by atoms with Crippen molar-refractivity contribution in [3.8, 4) is 0 Å². The number of pyridine rings is 1. The lowest BCUT2D eigenvalue weighted by Gasteiger charge is -2.07. The number of halogens is 4. The molecule has 0 aliphatic carbocycles. The normalized spacial score (nSPS) is 10.4. The number of benzene rings is 1. The molecule has 0 aliphatic heterocycles. The molecule has 1 amide bonds. The molecule has 0 aliphatic rings. The maximum atomic E-state index is 13.3. The fraction of sp³-hybridized carbons (Fsp3) is 0.0769. The van der Waals surface area contributed by atoms with Crippen molar-refractivity contribution < 1.29 is 18.0 Å². The summed E-state index contributed by atoms with van der Waals surface area (Å²) in [7, 11) is 0. The highest BCUT2D eigenvalue weighted by molar-refractivity contribution is 6.32. The number of amides is 1. The molecule has 3 nitrogen and oxygen atoms in total. The molecule has 0 saturated carbocycles. The van der Waals surface area contributed by atoms with Crippen LogP contribution in [0.2, 0.25) is 5.15 Å². The first-order valence-electron chi connectivity index (χ1n) is 5.50. The predicted octanol–water partition coefficient (Wildman–Crippen LogP) is 3.08. The molecule has 104 valence electrons. The average molecular weight is 301 g/mol. The van der Waals surface area contributed by atoms with Crippen LogP contribution in [-0.2, 0) is 6.54 Å². The van der Waals surface area contributed by atoms with Gasteiger partial charge in [0.05, 0.1) is 11.8 Å². The molecule has 2 aromatic rings. The highest BCUT2D eigenvalue weighted by Gasteiger charge is 2.13. The van der Waals surface area contributed by atoms with Crippen LogP contribution in [0.5, 0.6) is 0 Å². The van der Waals surface area contributed by atoms with Crippen molar-refractivity contribution in [2.45, 2.75) is 6.54 Å². The van der Waals surface area contributed by atoms with Gasteiger partial charge in [-0.25, -0.2) is 18.2 Å². The standard InChI is InChI=1S/C13H8ClF3N2O/c14-12-10(4-9(16)6-18-12)13(20)19-5-7-3-8(15)1-2-11(7)17/h1-4,6H,5H2,(H,19,20). The van der Waals surface area contributed by atoms with Gasteiger partial charge in [-0.15, -0.1) is 0 Å². The Morgan fingerprint density at radius 2 is 1.95 bits per heavy atom. The van der Waals surface area contributed by atoms with Crippen LogP contribution in [0.1, 0.15) is 15.9 Å². The lowest BCUT2D eigenvalue weighted by molar-refractivity contribution is 0.0950. The van der Waals surface area contributed by atoms with Crippen LogP contribution in [0, 0.1) is 17.5 Å². The van der Waals surface area contributed by atoms with E-state index < -0.39 is 23.4 Å². The third kappa shape index (κ3) is 3.27. The summed E-state index contributed by atoms with van der Waals surface area (Å²) >= 11 is 5.66. The van der Waals surface area contributed by atoms with Crippen molar-refractivity contribution in [3.63, 3.8) is 0 Å². The van der Waals surface area contributed by atoms with Crippen LogP contribution in [-0.4, -0.2) is 10.9 Å². The zero-order valence-electron chi connectivity index (χ0n) is 9.96. The molecule has 1 aromatic heterocycles. The highest BCUT2D eigenvalue weighted by Crippen LogP contribution is 2.14. The minimum Gasteiger partial charge on any atom is -0.348 e. The van der Waals surface area contributed by atoms with Crippen molar-refractivity contribution >= 4 is 17.5 Å². The molecule has 1 heterocycles. The van der Waals surface area contributed by atoms with Gasteiger partial charge >= 0.3 is 0 Å². The Morgan fingerprint density at radius 1 is 1.20 bits per heavy atom. The zero-order valence-corrected chi connectivity index (χ0v) is 10.7. The number of nitrogens with zero attached hydrogens (tertiary/aromatic N) is 1. The summed E-state index contributed by atoms with van der Waals surface area (Å²) in [6.45, 7) is -0.255. The number of aromatic nitrogens is 1. The summed E-state index contributed by atoms with van der Waals surface area (Å²) in [6.07, 6.45) is 0.866. The Labute approximate surface area is 117 Å². The van der Waals surface area contributed by atoms with Gasteiger partial charge < -0.3 is 5.32 Å². The Morgan fingerprint density at radius 3 is 2.70 bits per heavy atom. The molecular formula is C13H8ClF3N2O. The Hall–Kier alpha value is -2.08. The van der Waals surface area contributed by atoms with Crippen LogP contribution in [0.25, 0.3) is 0 Å². The summed E-state index contributed by atoms with van der Waals surface area (Å²) in [5, 5.41) is 2.14. The van der Waals surface area contributed by atoms with E-state index in [1.54, 1.807) is 0 Å². The molecule has 1 aromatic carbocycles. The SMILES string of the molecule is O=C(NCc1cc(F)ccc1F)c1cc(F)cnc1Cl. The van der Waals surface area contributed by atoms with Crippen molar-refractivity contribution in [3.05, 3.63) is 64.2 Å². The van der Waals surface area contributed by atoms with Gasteiger partial charge in [0.1, 0.15) is 22.6 Å². The second-order valence-electron chi connectivity index (χ2n) is 3.91. The van der Waals surface area contributed by atoms with Gasteiger partial charge in [-0.3, -0.25) is 4.79 Å². The van der Waals surface area contributed by atoms with E-state index in [-0.39, 0.29) is 22.8 Å². The minimum atomic E-state index is -0.731. The largest absolute Gasteiger partial charge is 0.348 e. The highest BCUT2D eigenvalue weighted by atomic mass is 35.5. The van der Waals surface area contributed by atoms with Crippen LogP contribution in [0.15, 0.2) is 30.5 Å². The fourth-order valence-corrected chi connectivity index (χ4v) is 1.72. The van der Waals surface area contributed by atoms with E-state index in [2.05, 4.69) is 10.3 Å². The lowest BCUT2D eigenvalue weighted by Crippen LogP contribution is -2.24. The summed E-state index contributed by atoms with van der Waals surface area (Å²) in [5.41, 5.74) is -0.206. The number of hydrogen-bond acceptors (Lipinski definition) is 2. The number of rotatable bonds is 3. The number of carbonyl (C=O) groups excluding carboxylic acids is 1. The van der Waals surface area contributed by atoms with Gasteiger partial charge in [0.2, 0.25) is 0 Å². The van der Waals surface area contributed by atoms with Gasteiger partial charge in [0.25, 0.3) is 5.91 Å². The summed E-state index contributed by atoms with van der Waals surface area (Å²) < 4.78 is 39.3. The minimum absolute atomic E-state index is 0.0289. The molecule has 7 heteroatoms. The lowest BCUT2D eigenvalue weighted by atomic mass is 10.2. The molecular weight excluding hydrogens is 293 g/mol. The number of carbonyl (C=O) groups is 1. The Bertz CT molecular complexity index is 664. The summed E-state index contributed by atoms with van der Waals surface area (Å²) in [4.78, 5) is 15.3. The molecule has 2 rings (SSSR count). The van der Waals surface area contributed by atoms with E-state index in [1.807, 2.05) is 0 Å². The molecule has 0 bridgehead atoms. The van der Waals surface area contributed by atoms with Crippen molar-refractivity contribution in [2.24, 2.45) is 0 Å². The quantitative estimate of drug-likeness (QED) is 0.885. The van der Waals surface area contributed by atoms with Crippen molar-refractivity contribution in [1.29, 1.82) is 0 Å². The smallest absolute Gasteiger partial charge is 0.254 e. The Kier molecular flexibility index (Phi) is 4.24. The van der Waals surface area contributed by atoms with Gasteiger partial charge in [-0.1, -0.05) is 11.6 Å². The first-order chi connectivity index (χ1) is 9.47.